The first kappa shape index (κ1) is 14.5. The van der Waals surface area contributed by atoms with Crippen LogP contribution in [0.5, 0.6) is 11.5 Å². The van der Waals surface area contributed by atoms with E-state index < -0.39 is 0 Å². The fourth-order valence-electron chi connectivity index (χ4n) is 2.38. The molecule has 2 rings (SSSR count). The van der Waals surface area contributed by atoms with E-state index in [4.69, 9.17) is 10.5 Å². The lowest BCUT2D eigenvalue weighted by atomic mass is 10.1. The third-order valence-electron chi connectivity index (χ3n) is 3.61. The fourth-order valence-corrected chi connectivity index (χ4v) is 2.38. The molecule has 0 saturated carbocycles. The minimum atomic E-state index is 0.429. The minimum absolute atomic E-state index is 0.429. The van der Waals surface area contributed by atoms with Gasteiger partial charge in [-0.1, -0.05) is 6.07 Å². The molecule has 0 unspecified atom stereocenters. The third-order valence-corrected chi connectivity index (χ3v) is 3.61. The van der Waals surface area contributed by atoms with E-state index in [2.05, 4.69) is 37.9 Å². The van der Waals surface area contributed by atoms with Gasteiger partial charge in [0.15, 0.2) is 0 Å². The Hall–Kier alpha value is -1.87. The number of benzene rings is 1. The van der Waals surface area contributed by atoms with Crippen molar-refractivity contribution in [2.24, 2.45) is 5.73 Å². The van der Waals surface area contributed by atoms with E-state index >= 15 is 0 Å². The van der Waals surface area contributed by atoms with Gasteiger partial charge in [-0.25, -0.2) is 0 Å². The molecule has 3 nitrogen and oxygen atoms in total. The Kier molecular flexibility index (Phi) is 4.09. The second-order valence-electron chi connectivity index (χ2n) is 5.34. The van der Waals surface area contributed by atoms with Crippen molar-refractivity contribution in [3.8, 4) is 11.5 Å². The minimum Gasteiger partial charge on any atom is -0.457 e. The van der Waals surface area contributed by atoms with E-state index in [9.17, 15) is 0 Å². The van der Waals surface area contributed by atoms with Crippen LogP contribution < -0.4 is 10.5 Å². The third kappa shape index (κ3) is 2.83. The number of nitrogens with zero attached hydrogens (tertiary/aromatic N) is 1. The van der Waals surface area contributed by atoms with Gasteiger partial charge in [-0.05, 0) is 57.4 Å². The molecule has 0 atom stereocenters. The zero-order chi connectivity index (χ0) is 14.9. The van der Waals surface area contributed by atoms with E-state index in [0.29, 0.717) is 6.54 Å². The van der Waals surface area contributed by atoms with Gasteiger partial charge in [-0.3, -0.25) is 4.98 Å². The molecule has 0 saturated heterocycles. The lowest BCUT2D eigenvalue weighted by Gasteiger charge is -2.16. The maximum absolute atomic E-state index is 6.13. The standard InChI is InChI=1S/C17H22N2O/c1-10-6-11(2)13(4)16(7-10)20-17-8-12(3)19-14(5)15(17)9-18/h6-8H,9,18H2,1-5H3. The topological polar surface area (TPSA) is 48.1 Å². The van der Waals surface area contributed by atoms with Gasteiger partial charge in [0.2, 0.25) is 0 Å². The Labute approximate surface area is 120 Å². The van der Waals surface area contributed by atoms with E-state index in [-0.39, 0.29) is 0 Å². The van der Waals surface area contributed by atoms with Crippen LogP contribution in [0.3, 0.4) is 0 Å². The van der Waals surface area contributed by atoms with Gasteiger partial charge in [0.1, 0.15) is 11.5 Å². The fraction of sp³-hybridized carbons (Fsp3) is 0.353. The Bertz CT molecular complexity index is 648. The zero-order valence-corrected chi connectivity index (χ0v) is 12.9. The van der Waals surface area contributed by atoms with Crippen molar-refractivity contribution < 1.29 is 4.74 Å². The molecular weight excluding hydrogens is 248 g/mol. The van der Waals surface area contributed by atoms with Crippen molar-refractivity contribution in [1.82, 2.24) is 4.98 Å². The first-order valence-electron chi connectivity index (χ1n) is 6.85. The Morgan fingerprint density at radius 2 is 1.70 bits per heavy atom. The number of nitrogens with two attached hydrogens (primary N) is 1. The van der Waals surface area contributed by atoms with Gasteiger partial charge < -0.3 is 10.5 Å². The van der Waals surface area contributed by atoms with Crippen LogP contribution in [0.2, 0.25) is 0 Å². The lowest BCUT2D eigenvalue weighted by molar-refractivity contribution is 0.469. The molecule has 0 radical (unpaired) electrons. The normalized spacial score (nSPS) is 10.7. The number of hydrogen-bond acceptors (Lipinski definition) is 3. The van der Waals surface area contributed by atoms with E-state index in [1.54, 1.807) is 0 Å². The average molecular weight is 270 g/mol. The van der Waals surface area contributed by atoms with Gasteiger partial charge >= 0.3 is 0 Å². The summed E-state index contributed by atoms with van der Waals surface area (Å²) in [5.74, 6) is 1.70. The number of hydrogen-bond donors (Lipinski definition) is 1. The summed E-state index contributed by atoms with van der Waals surface area (Å²) in [7, 11) is 0. The predicted octanol–water partition coefficient (Wildman–Crippen LogP) is 3.87. The molecule has 2 N–H and O–H groups in total. The lowest BCUT2D eigenvalue weighted by Crippen LogP contribution is -2.05. The van der Waals surface area contributed by atoms with Crippen molar-refractivity contribution >= 4 is 0 Å². The number of pyridine rings is 1. The van der Waals surface area contributed by atoms with Crippen LogP contribution in [-0.2, 0) is 6.54 Å². The van der Waals surface area contributed by atoms with Crippen molar-refractivity contribution in [2.75, 3.05) is 0 Å². The molecule has 2 aromatic rings. The van der Waals surface area contributed by atoms with E-state index in [1.165, 1.54) is 11.1 Å². The van der Waals surface area contributed by atoms with E-state index in [1.807, 2.05) is 19.9 Å². The highest BCUT2D eigenvalue weighted by Gasteiger charge is 2.11. The monoisotopic (exact) mass is 270 g/mol. The SMILES string of the molecule is Cc1cc(C)c(C)c(Oc2cc(C)nc(C)c2CN)c1. The predicted molar refractivity (Wildman–Crippen MR) is 82.3 cm³/mol. The quantitative estimate of drug-likeness (QED) is 0.921. The summed E-state index contributed by atoms with van der Waals surface area (Å²) in [4.78, 5) is 4.44. The molecule has 0 amide bonds. The molecule has 0 bridgehead atoms. The number of aromatic nitrogens is 1. The maximum Gasteiger partial charge on any atom is 0.135 e. The van der Waals surface area contributed by atoms with Crippen LogP contribution in [0.1, 0.15) is 33.6 Å². The highest BCUT2D eigenvalue weighted by atomic mass is 16.5. The molecule has 0 aliphatic rings. The van der Waals surface area contributed by atoms with Crippen molar-refractivity contribution in [2.45, 2.75) is 41.2 Å². The zero-order valence-electron chi connectivity index (χ0n) is 12.9. The molecule has 3 heteroatoms. The highest BCUT2D eigenvalue weighted by Crippen LogP contribution is 2.31. The summed E-state index contributed by atoms with van der Waals surface area (Å²) < 4.78 is 6.13. The summed E-state index contributed by atoms with van der Waals surface area (Å²) in [6.45, 7) is 10.6. The van der Waals surface area contributed by atoms with Crippen molar-refractivity contribution in [1.29, 1.82) is 0 Å². The molecule has 1 heterocycles. The van der Waals surface area contributed by atoms with Gasteiger partial charge in [0.05, 0.1) is 0 Å². The van der Waals surface area contributed by atoms with Crippen LogP contribution in [0, 0.1) is 34.6 Å². The molecule has 1 aromatic heterocycles. The second-order valence-corrected chi connectivity index (χ2v) is 5.34. The van der Waals surface area contributed by atoms with Crippen LogP contribution >= 0.6 is 0 Å². The number of rotatable bonds is 3. The molecular formula is C17H22N2O. The van der Waals surface area contributed by atoms with Crippen LogP contribution in [0.4, 0.5) is 0 Å². The average Bonchev–Trinajstić information content (AvgIpc) is 2.35. The van der Waals surface area contributed by atoms with Crippen molar-refractivity contribution in [3.05, 3.63) is 51.8 Å². The summed E-state index contributed by atoms with van der Waals surface area (Å²) in [6, 6.07) is 6.18. The summed E-state index contributed by atoms with van der Waals surface area (Å²) in [5.41, 5.74) is 12.3. The first-order valence-corrected chi connectivity index (χ1v) is 6.85. The molecule has 20 heavy (non-hydrogen) atoms. The summed E-state index contributed by atoms with van der Waals surface area (Å²) in [6.07, 6.45) is 0. The van der Waals surface area contributed by atoms with Gasteiger partial charge in [-0.15, -0.1) is 0 Å². The van der Waals surface area contributed by atoms with Crippen LogP contribution in [0.15, 0.2) is 18.2 Å². The van der Waals surface area contributed by atoms with Gasteiger partial charge in [0, 0.05) is 29.6 Å². The molecule has 1 aromatic carbocycles. The maximum atomic E-state index is 6.13. The molecule has 106 valence electrons. The molecule has 0 aliphatic carbocycles. The summed E-state index contributed by atoms with van der Waals surface area (Å²) >= 11 is 0. The molecule has 0 spiro atoms. The van der Waals surface area contributed by atoms with Crippen LogP contribution in [-0.4, -0.2) is 4.98 Å². The molecule has 0 fully saturated rings. The largest absolute Gasteiger partial charge is 0.457 e. The van der Waals surface area contributed by atoms with Crippen molar-refractivity contribution in [3.63, 3.8) is 0 Å². The highest BCUT2D eigenvalue weighted by molar-refractivity contribution is 5.47. The Balaban J connectivity index is 2.50. The van der Waals surface area contributed by atoms with Gasteiger partial charge in [0.25, 0.3) is 0 Å². The smallest absolute Gasteiger partial charge is 0.135 e. The first-order chi connectivity index (χ1) is 9.42. The molecule has 0 aliphatic heterocycles. The number of aryl methyl sites for hydroxylation is 4. The second kappa shape index (κ2) is 5.63. The van der Waals surface area contributed by atoms with Crippen LogP contribution in [0.25, 0.3) is 0 Å². The van der Waals surface area contributed by atoms with E-state index in [0.717, 1.165) is 34.0 Å². The Morgan fingerprint density at radius 1 is 1.00 bits per heavy atom. The Morgan fingerprint density at radius 3 is 2.35 bits per heavy atom. The van der Waals surface area contributed by atoms with Gasteiger partial charge in [-0.2, -0.15) is 0 Å². The number of ether oxygens (including phenoxy) is 1. The summed E-state index contributed by atoms with van der Waals surface area (Å²) in [5, 5.41) is 0.